The summed E-state index contributed by atoms with van der Waals surface area (Å²) >= 11 is 1.22. The number of β-lactam (4-membered cyclic amide) rings is 1. The Bertz CT molecular complexity index is 904. The number of pyridine rings is 1. The highest BCUT2D eigenvalue weighted by molar-refractivity contribution is 8.00. The zero-order valence-electron chi connectivity index (χ0n) is 15.1. The largest absolute Gasteiger partial charge is 0.477 e. The first-order valence-corrected chi connectivity index (χ1v) is 9.46. The molecule has 0 spiro atoms. The lowest BCUT2D eigenvalue weighted by atomic mass is 10.0. The van der Waals surface area contributed by atoms with Gasteiger partial charge >= 0.3 is 11.9 Å². The summed E-state index contributed by atoms with van der Waals surface area (Å²) in [5.41, 5.74) is 0.350. The van der Waals surface area contributed by atoms with Crippen LogP contribution in [-0.4, -0.2) is 62.5 Å². The number of carboxylic acids is 1. The number of fused-ring (bicyclic) bond motifs is 1. The number of rotatable bonds is 7. The average Bonchev–Trinajstić information content (AvgIpc) is 2.70. The Kier molecular flexibility index (Phi) is 5.92. The number of nitrogens with one attached hydrogen (secondary N) is 1. The second-order valence-electron chi connectivity index (χ2n) is 6.22. The highest BCUT2D eigenvalue weighted by Crippen LogP contribution is 2.40. The number of aromatic nitrogens is 1. The predicted octanol–water partition coefficient (Wildman–Crippen LogP) is 0.191. The molecule has 2 amide bonds. The van der Waals surface area contributed by atoms with Crippen molar-refractivity contribution in [2.75, 3.05) is 12.4 Å². The molecule has 3 atom stereocenters. The number of ether oxygens (including phenoxy) is 1. The molecule has 1 saturated heterocycles. The molecule has 2 N–H and O–H groups in total. The van der Waals surface area contributed by atoms with Gasteiger partial charge in [-0.25, -0.2) is 4.79 Å². The number of carboxylic acid groups (broad SMARTS) is 1. The van der Waals surface area contributed by atoms with E-state index in [1.807, 2.05) is 0 Å². The SMILES string of the molecule is CC(=O)OCC1=C(C(=O)O)N2C(=O)[C@@H](NC(=O)C(N=O)c3ccncc3)[C@@H]2SC1. The summed E-state index contributed by atoms with van der Waals surface area (Å²) in [6, 6.07) is 0.566. The molecule has 0 saturated carbocycles. The summed E-state index contributed by atoms with van der Waals surface area (Å²) in [7, 11) is 0. The smallest absolute Gasteiger partial charge is 0.352 e. The minimum absolute atomic E-state index is 0.204. The molecule has 1 aromatic heterocycles. The lowest BCUT2D eigenvalue weighted by Gasteiger charge is -2.49. The maximum Gasteiger partial charge on any atom is 0.352 e. The molecule has 11 nitrogen and oxygen atoms in total. The fourth-order valence-corrected chi connectivity index (χ4v) is 4.35. The van der Waals surface area contributed by atoms with Crippen LogP contribution >= 0.6 is 11.8 Å². The van der Waals surface area contributed by atoms with Crippen molar-refractivity contribution in [3.63, 3.8) is 0 Å². The molecule has 1 fully saturated rings. The molecule has 2 aliphatic rings. The van der Waals surface area contributed by atoms with Gasteiger partial charge in [-0.05, 0) is 17.7 Å². The van der Waals surface area contributed by atoms with E-state index in [0.29, 0.717) is 5.56 Å². The number of carbonyl (C=O) groups is 4. The van der Waals surface area contributed by atoms with Gasteiger partial charge < -0.3 is 15.2 Å². The van der Waals surface area contributed by atoms with Crippen LogP contribution < -0.4 is 5.32 Å². The van der Waals surface area contributed by atoms with Crippen LogP contribution in [0, 0.1) is 4.91 Å². The van der Waals surface area contributed by atoms with Gasteiger partial charge in [0, 0.05) is 30.6 Å². The second kappa shape index (κ2) is 8.39. The van der Waals surface area contributed by atoms with Gasteiger partial charge in [-0.15, -0.1) is 16.7 Å². The van der Waals surface area contributed by atoms with E-state index in [4.69, 9.17) is 4.74 Å². The van der Waals surface area contributed by atoms with E-state index >= 15 is 0 Å². The van der Waals surface area contributed by atoms with Crippen molar-refractivity contribution in [3.8, 4) is 0 Å². The van der Waals surface area contributed by atoms with E-state index < -0.39 is 41.2 Å². The Hall–Kier alpha value is -3.28. The van der Waals surface area contributed by atoms with E-state index in [0.717, 1.165) is 4.90 Å². The second-order valence-corrected chi connectivity index (χ2v) is 7.33. The number of amides is 2. The molecule has 0 radical (unpaired) electrons. The van der Waals surface area contributed by atoms with Gasteiger partial charge in [0.05, 0.1) is 0 Å². The van der Waals surface area contributed by atoms with E-state index in [2.05, 4.69) is 15.5 Å². The monoisotopic (exact) mass is 420 g/mol. The molecular weight excluding hydrogens is 404 g/mol. The molecule has 3 heterocycles. The van der Waals surface area contributed by atoms with E-state index in [-0.39, 0.29) is 23.6 Å². The third-order valence-electron chi connectivity index (χ3n) is 4.37. The summed E-state index contributed by atoms with van der Waals surface area (Å²) < 4.78 is 4.86. The molecule has 1 unspecified atom stereocenters. The summed E-state index contributed by atoms with van der Waals surface area (Å²) in [6.45, 7) is 0.955. The number of hydrogen-bond acceptors (Lipinski definition) is 9. The maximum atomic E-state index is 12.6. The normalized spacial score (nSPS) is 21.6. The highest BCUT2D eigenvalue weighted by Gasteiger charge is 2.54. The maximum absolute atomic E-state index is 12.6. The molecule has 12 heteroatoms. The zero-order chi connectivity index (χ0) is 21.1. The third-order valence-corrected chi connectivity index (χ3v) is 5.71. The first-order chi connectivity index (χ1) is 13.8. The number of thioether (sulfide) groups is 1. The molecule has 0 aliphatic carbocycles. The number of aliphatic carboxylic acids is 1. The topological polar surface area (TPSA) is 155 Å². The van der Waals surface area contributed by atoms with Crippen LogP contribution in [0.25, 0.3) is 0 Å². The average molecular weight is 420 g/mol. The van der Waals surface area contributed by atoms with Crippen LogP contribution in [0.5, 0.6) is 0 Å². The van der Waals surface area contributed by atoms with Crippen molar-refractivity contribution in [2.45, 2.75) is 24.4 Å². The Morgan fingerprint density at radius 3 is 2.69 bits per heavy atom. The first-order valence-electron chi connectivity index (χ1n) is 8.41. The Morgan fingerprint density at radius 2 is 2.10 bits per heavy atom. The molecule has 2 aliphatic heterocycles. The number of carbonyl (C=O) groups excluding carboxylic acids is 3. The number of nitroso groups, excluding NO2 is 1. The van der Waals surface area contributed by atoms with Gasteiger partial charge in [0.15, 0.2) is 6.04 Å². The molecule has 3 rings (SSSR count). The van der Waals surface area contributed by atoms with Crippen LogP contribution in [0.4, 0.5) is 0 Å². The van der Waals surface area contributed by atoms with Crippen molar-refractivity contribution in [1.29, 1.82) is 0 Å². The minimum atomic E-state index is -1.36. The van der Waals surface area contributed by atoms with Crippen LogP contribution in [0.1, 0.15) is 18.5 Å². The molecule has 152 valence electrons. The fourth-order valence-electron chi connectivity index (χ4n) is 3.02. The number of nitrogens with zero attached hydrogens (tertiary/aromatic N) is 3. The van der Waals surface area contributed by atoms with Crippen molar-refractivity contribution >= 4 is 35.5 Å². The van der Waals surface area contributed by atoms with Crippen molar-refractivity contribution in [3.05, 3.63) is 46.3 Å². The highest BCUT2D eigenvalue weighted by atomic mass is 32.2. The number of hydrogen-bond donors (Lipinski definition) is 2. The van der Waals surface area contributed by atoms with E-state index in [1.54, 1.807) is 0 Å². The van der Waals surface area contributed by atoms with Gasteiger partial charge in [-0.2, -0.15) is 0 Å². The number of esters is 1. The first kappa shape index (κ1) is 20.5. The van der Waals surface area contributed by atoms with E-state index in [9.17, 15) is 29.2 Å². The quantitative estimate of drug-likeness (QED) is 0.357. The zero-order valence-corrected chi connectivity index (χ0v) is 15.9. The summed E-state index contributed by atoms with van der Waals surface area (Å²) in [6.07, 6.45) is 2.81. The fraction of sp³-hybridized carbons (Fsp3) is 0.353. The minimum Gasteiger partial charge on any atom is -0.477 e. The molecule has 1 aromatic rings. The van der Waals surface area contributed by atoms with Crippen LogP contribution in [0.15, 0.2) is 41.0 Å². The molecular formula is C17H16N4O7S. The van der Waals surface area contributed by atoms with Crippen molar-refractivity contribution < 1.29 is 29.0 Å². The van der Waals surface area contributed by atoms with Crippen molar-refractivity contribution in [1.82, 2.24) is 15.2 Å². The van der Waals surface area contributed by atoms with Crippen LogP contribution in [0.2, 0.25) is 0 Å². The summed E-state index contributed by atoms with van der Waals surface area (Å²) in [5, 5.41) is 14.2. The Labute approximate surface area is 168 Å². The van der Waals surface area contributed by atoms with Crippen LogP contribution in [-0.2, 0) is 23.9 Å². The van der Waals surface area contributed by atoms with Gasteiger partial charge in [0.2, 0.25) is 0 Å². The van der Waals surface area contributed by atoms with Crippen LogP contribution in [0.3, 0.4) is 0 Å². The lowest BCUT2D eigenvalue weighted by molar-refractivity contribution is -0.151. The van der Waals surface area contributed by atoms with Gasteiger partial charge in [0.1, 0.15) is 23.7 Å². The van der Waals surface area contributed by atoms with Gasteiger partial charge in [-0.1, -0.05) is 5.18 Å². The predicted molar refractivity (Wildman–Crippen MR) is 99.1 cm³/mol. The van der Waals surface area contributed by atoms with Crippen molar-refractivity contribution in [2.24, 2.45) is 5.18 Å². The molecule has 0 aromatic carbocycles. The Balaban J connectivity index is 1.75. The third kappa shape index (κ3) is 3.97. The van der Waals surface area contributed by atoms with E-state index in [1.165, 1.54) is 43.2 Å². The van der Waals surface area contributed by atoms with Gasteiger partial charge in [0.25, 0.3) is 11.8 Å². The van der Waals surface area contributed by atoms with Gasteiger partial charge in [-0.3, -0.25) is 24.3 Å². The molecule has 29 heavy (non-hydrogen) atoms. The molecule has 0 bridgehead atoms. The summed E-state index contributed by atoms with van der Waals surface area (Å²) in [5.74, 6) is -3.10. The standard InChI is InChI=1S/C17H16N4O7S/c1-8(22)28-6-10-7-29-16-12(15(24)21(16)13(10)17(25)26)19-14(23)11(20-27)9-2-4-18-5-3-9/h2-5,11-12,16H,6-7H2,1H3,(H,19,23)(H,25,26)/t11?,12-,16+/m1/s1. The Morgan fingerprint density at radius 1 is 1.41 bits per heavy atom. The summed E-state index contributed by atoms with van der Waals surface area (Å²) in [4.78, 5) is 63.7. The lowest BCUT2D eigenvalue weighted by Crippen LogP contribution is -2.70.